The molecule has 1 aromatic heterocycles. The highest BCUT2D eigenvalue weighted by atomic mass is 32.2. The van der Waals surface area contributed by atoms with Gasteiger partial charge in [0, 0.05) is 45.1 Å². The molecule has 0 aliphatic carbocycles. The van der Waals surface area contributed by atoms with E-state index in [1.807, 2.05) is 0 Å². The quantitative estimate of drug-likeness (QED) is 0.677. The summed E-state index contributed by atoms with van der Waals surface area (Å²) in [6, 6.07) is 5.37. The zero-order valence-corrected chi connectivity index (χ0v) is 17.7. The molecule has 8 nitrogen and oxygen atoms in total. The number of carbonyl (C=O) groups excluding carboxylic acids is 2. The SMILES string of the molecule is CC(=O)CCCC(=O)N[C@H]1CN(S(=O)(=O)c2cn(C)cn2)C[C@@H]1c1ccc(F)cc1. The van der Waals surface area contributed by atoms with E-state index in [2.05, 4.69) is 10.3 Å². The molecule has 1 aliphatic heterocycles. The average molecular weight is 437 g/mol. The maximum absolute atomic E-state index is 13.4. The number of amides is 1. The normalized spacial score (nSPS) is 19.7. The number of imidazole rings is 1. The lowest BCUT2D eigenvalue weighted by Gasteiger charge is -2.20. The fraction of sp³-hybridized carbons (Fsp3) is 0.450. The van der Waals surface area contributed by atoms with Crippen LogP contribution in [0.15, 0.2) is 41.8 Å². The molecule has 0 saturated carbocycles. The first-order valence-corrected chi connectivity index (χ1v) is 11.1. The highest BCUT2D eigenvalue weighted by molar-refractivity contribution is 7.89. The molecule has 0 radical (unpaired) electrons. The molecule has 3 rings (SSSR count). The van der Waals surface area contributed by atoms with Crippen LogP contribution < -0.4 is 5.32 Å². The highest BCUT2D eigenvalue weighted by Gasteiger charge is 2.41. The maximum Gasteiger partial charge on any atom is 0.262 e. The summed E-state index contributed by atoms with van der Waals surface area (Å²) in [5, 5.41) is 2.84. The van der Waals surface area contributed by atoms with E-state index < -0.39 is 16.1 Å². The third-order valence-electron chi connectivity index (χ3n) is 5.15. The number of Topliss-reactive ketones (excluding diaryl/α,β-unsaturated/α-hetero) is 1. The number of hydrogen-bond donors (Lipinski definition) is 1. The minimum absolute atomic E-state index is 0.0143. The number of aromatic nitrogens is 2. The monoisotopic (exact) mass is 436 g/mol. The number of nitrogens with one attached hydrogen (secondary N) is 1. The summed E-state index contributed by atoms with van der Waals surface area (Å²) in [6.45, 7) is 1.70. The second kappa shape index (κ2) is 9.05. The highest BCUT2D eigenvalue weighted by Crippen LogP contribution is 2.31. The lowest BCUT2D eigenvalue weighted by Crippen LogP contribution is -2.40. The number of sulfonamides is 1. The van der Waals surface area contributed by atoms with Gasteiger partial charge in [0.25, 0.3) is 10.0 Å². The number of nitrogens with zero attached hydrogens (tertiary/aromatic N) is 3. The van der Waals surface area contributed by atoms with E-state index in [9.17, 15) is 22.4 Å². The summed E-state index contributed by atoms with van der Waals surface area (Å²) >= 11 is 0. The number of aryl methyl sites for hydroxylation is 1. The Hall–Kier alpha value is -2.59. The van der Waals surface area contributed by atoms with Crippen molar-refractivity contribution in [2.24, 2.45) is 7.05 Å². The molecule has 2 heterocycles. The molecule has 1 aromatic carbocycles. The van der Waals surface area contributed by atoms with Gasteiger partial charge in [0.1, 0.15) is 11.6 Å². The minimum Gasteiger partial charge on any atom is -0.351 e. The Kier molecular flexibility index (Phi) is 6.67. The topological polar surface area (TPSA) is 101 Å². The van der Waals surface area contributed by atoms with Gasteiger partial charge in [-0.05, 0) is 31.0 Å². The Morgan fingerprint density at radius 3 is 2.50 bits per heavy atom. The Balaban J connectivity index is 1.80. The van der Waals surface area contributed by atoms with Crippen molar-refractivity contribution in [3.05, 3.63) is 48.2 Å². The van der Waals surface area contributed by atoms with Crippen LogP contribution in [0, 0.1) is 5.82 Å². The van der Waals surface area contributed by atoms with E-state index in [1.165, 1.54) is 35.9 Å². The molecular weight excluding hydrogens is 411 g/mol. The molecule has 30 heavy (non-hydrogen) atoms. The van der Waals surface area contributed by atoms with Crippen molar-refractivity contribution in [2.75, 3.05) is 13.1 Å². The summed E-state index contributed by atoms with van der Waals surface area (Å²) in [4.78, 5) is 27.4. The predicted octanol–water partition coefficient (Wildman–Crippen LogP) is 1.59. The summed E-state index contributed by atoms with van der Waals surface area (Å²) in [7, 11) is -2.15. The molecule has 0 spiro atoms. The van der Waals surface area contributed by atoms with Crippen LogP contribution in [0.3, 0.4) is 0 Å². The van der Waals surface area contributed by atoms with Gasteiger partial charge < -0.3 is 14.7 Å². The number of carbonyl (C=O) groups is 2. The van der Waals surface area contributed by atoms with Crippen LogP contribution in [0.5, 0.6) is 0 Å². The average Bonchev–Trinajstić information content (AvgIpc) is 3.29. The van der Waals surface area contributed by atoms with Crippen molar-refractivity contribution >= 4 is 21.7 Å². The van der Waals surface area contributed by atoms with Gasteiger partial charge in [0.2, 0.25) is 5.91 Å². The molecule has 0 bridgehead atoms. The molecule has 1 aliphatic rings. The molecule has 2 aromatic rings. The Morgan fingerprint density at radius 1 is 1.20 bits per heavy atom. The summed E-state index contributed by atoms with van der Waals surface area (Å²) in [6.07, 6.45) is 3.77. The van der Waals surface area contributed by atoms with Crippen LogP contribution in [0.2, 0.25) is 0 Å². The Labute approximate surface area is 175 Å². The van der Waals surface area contributed by atoms with Gasteiger partial charge >= 0.3 is 0 Å². The minimum atomic E-state index is -3.83. The van der Waals surface area contributed by atoms with Crippen molar-refractivity contribution in [1.82, 2.24) is 19.2 Å². The van der Waals surface area contributed by atoms with Gasteiger partial charge in [-0.25, -0.2) is 17.8 Å². The van der Waals surface area contributed by atoms with E-state index in [1.54, 1.807) is 23.7 Å². The Morgan fingerprint density at radius 2 is 1.90 bits per heavy atom. The van der Waals surface area contributed by atoms with Crippen LogP contribution in [0.25, 0.3) is 0 Å². The van der Waals surface area contributed by atoms with E-state index in [-0.39, 0.29) is 48.0 Å². The molecular formula is C20H25FN4O4S. The van der Waals surface area contributed by atoms with Crippen molar-refractivity contribution in [3.63, 3.8) is 0 Å². The zero-order valence-electron chi connectivity index (χ0n) is 16.9. The van der Waals surface area contributed by atoms with Crippen molar-refractivity contribution in [1.29, 1.82) is 0 Å². The van der Waals surface area contributed by atoms with Crippen LogP contribution in [-0.2, 0) is 26.7 Å². The third-order valence-corrected chi connectivity index (χ3v) is 6.87. The number of ketones is 1. The first kappa shape index (κ1) is 22.1. The maximum atomic E-state index is 13.4. The number of hydrogen-bond acceptors (Lipinski definition) is 5. The lowest BCUT2D eigenvalue weighted by atomic mass is 9.94. The molecule has 10 heteroatoms. The molecule has 1 fully saturated rings. The fourth-order valence-corrected chi connectivity index (χ4v) is 5.05. The number of benzene rings is 1. The van der Waals surface area contributed by atoms with Crippen LogP contribution in [0.1, 0.15) is 37.7 Å². The van der Waals surface area contributed by atoms with Gasteiger partial charge in [0.05, 0.1) is 12.4 Å². The third kappa shape index (κ3) is 5.11. The summed E-state index contributed by atoms with van der Waals surface area (Å²) in [5.41, 5.74) is 0.740. The lowest BCUT2D eigenvalue weighted by molar-refractivity contribution is -0.122. The molecule has 0 unspecified atom stereocenters. The van der Waals surface area contributed by atoms with Gasteiger partial charge in [-0.3, -0.25) is 4.79 Å². The van der Waals surface area contributed by atoms with Crippen molar-refractivity contribution < 1.29 is 22.4 Å². The molecule has 1 saturated heterocycles. The van der Waals surface area contributed by atoms with Crippen LogP contribution in [-0.4, -0.2) is 53.1 Å². The smallest absolute Gasteiger partial charge is 0.262 e. The van der Waals surface area contributed by atoms with Gasteiger partial charge in [0.15, 0.2) is 5.03 Å². The standard InChI is InChI=1S/C20H25FN4O4S/c1-14(26)4-3-5-19(27)23-18-11-25(30(28,29)20-12-24(2)13-22-20)10-17(18)15-6-8-16(21)9-7-15/h6-9,12-13,17-18H,3-5,10-11H2,1-2H3,(H,23,27)/t17-,18+/m1/s1. The summed E-state index contributed by atoms with van der Waals surface area (Å²) < 4.78 is 42.2. The van der Waals surface area contributed by atoms with E-state index in [0.29, 0.717) is 12.8 Å². The van der Waals surface area contributed by atoms with E-state index in [0.717, 1.165) is 5.56 Å². The molecule has 2 atom stereocenters. The second-order valence-corrected chi connectivity index (χ2v) is 9.47. The second-order valence-electron chi connectivity index (χ2n) is 7.59. The van der Waals surface area contributed by atoms with Crippen molar-refractivity contribution in [3.8, 4) is 0 Å². The summed E-state index contributed by atoms with van der Waals surface area (Å²) in [5.74, 6) is -0.952. The fourth-order valence-electron chi connectivity index (χ4n) is 3.59. The van der Waals surface area contributed by atoms with E-state index in [4.69, 9.17) is 0 Å². The molecule has 1 N–H and O–H groups in total. The van der Waals surface area contributed by atoms with Crippen LogP contribution >= 0.6 is 0 Å². The first-order valence-electron chi connectivity index (χ1n) is 9.69. The zero-order chi connectivity index (χ0) is 21.9. The number of rotatable bonds is 8. The van der Waals surface area contributed by atoms with Gasteiger partial charge in [-0.1, -0.05) is 12.1 Å². The van der Waals surface area contributed by atoms with Gasteiger partial charge in [-0.15, -0.1) is 0 Å². The van der Waals surface area contributed by atoms with Crippen LogP contribution in [0.4, 0.5) is 4.39 Å². The first-order chi connectivity index (χ1) is 14.2. The molecule has 1 amide bonds. The molecule has 162 valence electrons. The van der Waals surface area contributed by atoms with Crippen molar-refractivity contribution in [2.45, 2.75) is 43.2 Å². The van der Waals surface area contributed by atoms with E-state index >= 15 is 0 Å². The van der Waals surface area contributed by atoms with Gasteiger partial charge in [-0.2, -0.15) is 4.31 Å². The Bertz CT molecular complexity index is 1020. The predicted molar refractivity (Wildman–Crippen MR) is 108 cm³/mol. The number of halogens is 1. The largest absolute Gasteiger partial charge is 0.351 e.